The van der Waals surface area contributed by atoms with Gasteiger partial charge in [-0.25, -0.2) is 0 Å². The highest BCUT2D eigenvalue weighted by Gasteiger charge is 2.33. The van der Waals surface area contributed by atoms with Gasteiger partial charge in [0.1, 0.15) is 5.52 Å². The summed E-state index contributed by atoms with van der Waals surface area (Å²) in [5, 5.41) is 12.0. The Morgan fingerprint density at radius 3 is 2.63 bits per heavy atom. The van der Waals surface area contributed by atoms with Crippen LogP contribution in [0.1, 0.15) is 5.56 Å². The Balaban J connectivity index is 1.91. The summed E-state index contributed by atoms with van der Waals surface area (Å²) in [5.74, 6) is 0.238. The topological polar surface area (TPSA) is 78.0 Å². The molecule has 138 valence electrons. The molecule has 0 N–H and O–H groups in total. The maximum absolute atomic E-state index is 12.9. The minimum atomic E-state index is -4.58. The van der Waals surface area contributed by atoms with Crippen LogP contribution in [0.2, 0.25) is 5.02 Å². The molecule has 0 amide bonds. The quantitative estimate of drug-likeness (QED) is 0.470. The lowest BCUT2D eigenvalue weighted by molar-refractivity contribution is -0.137. The second-order valence-electron chi connectivity index (χ2n) is 5.40. The summed E-state index contributed by atoms with van der Waals surface area (Å²) in [6.45, 7) is 0. The molecule has 0 saturated carbocycles. The first kappa shape index (κ1) is 17.7. The van der Waals surface area contributed by atoms with E-state index in [0.29, 0.717) is 10.7 Å². The van der Waals surface area contributed by atoms with Gasteiger partial charge in [-0.3, -0.25) is 9.36 Å². The molecule has 4 rings (SSSR count). The van der Waals surface area contributed by atoms with E-state index in [1.54, 1.807) is 12.3 Å². The number of thioether (sulfide) groups is 1. The van der Waals surface area contributed by atoms with Gasteiger partial charge >= 0.3 is 6.18 Å². The van der Waals surface area contributed by atoms with Crippen LogP contribution in [0.4, 0.5) is 13.2 Å². The molecule has 0 radical (unpaired) electrons. The van der Waals surface area contributed by atoms with E-state index < -0.39 is 22.3 Å². The number of benzene rings is 1. The Morgan fingerprint density at radius 2 is 1.96 bits per heavy atom. The van der Waals surface area contributed by atoms with Crippen LogP contribution in [0.3, 0.4) is 0 Å². The number of hydrogen-bond donors (Lipinski definition) is 0. The summed E-state index contributed by atoms with van der Waals surface area (Å²) in [6.07, 6.45) is -1.37. The number of aromatic nitrogens is 6. The van der Waals surface area contributed by atoms with Gasteiger partial charge in [0.2, 0.25) is 5.16 Å². The van der Waals surface area contributed by atoms with Crippen molar-refractivity contribution in [1.29, 1.82) is 0 Å². The molecule has 0 aliphatic carbocycles. The van der Waals surface area contributed by atoms with Crippen LogP contribution in [-0.4, -0.2) is 35.6 Å². The third-order valence-electron chi connectivity index (χ3n) is 3.80. The van der Waals surface area contributed by atoms with Crippen LogP contribution >= 0.6 is 23.4 Å². The van der Waals surface area contributed by atoms with Crippen molar-refractivity contribution in [3.05, 3.63) is 51.4 Å². The number of rotatable bonds is 2. The van der Waals surface area contributed by atoms with Crippen LogP contribution in [0.25, 0.3) is 22.5 Å². The smallest absolute Gasteiger partial charge is 0.282 e. The second kappa shape index (κ2) is 6.20. The van der Waals surface area contributed by atoms with E-state index in [1.807, 2.05) is 0 Å². The summed E-state index contributed by atoms with van der Waals surface area (Å²) in [6, 6.07) is 4.62. The van der Waals surface area contributed by atoms with Crippen molar-refractivity contribution in [3.63, 3.8) is 0 Å². The molecule has 3 aromatic heterocycles. The fraction of sp³-hybridized carbons (Fsp3) is 0.133. The first-order valence-corrected chi connectivity index (χ1v) is 8.96. The van der Waals surface area contributed by atoms with E-state index in [-0.39, 0.29) is 17.0 Å². The van der Waals surface area contributed by atoms with E-state index in [4.69, 9.17) is 11.6 Å². The lowest BCUT2D eigenvalue weighted by Gasteiger charge is -2.12. The molecule has 0 atom stereocenters. The van der Waals surface area contributed by atoms with E-state index in [0.717, 1.165) is 22.8 Å². The summed E-state index contributed by atoms with van der Waals surface area (Å²) >= 11 is 7.05. The van der Waals surface area contributed by atoms with E-state index >= 15 is 0 Å². The average molecular weight is 413 g/mol. The van der Waals surface area contributed by atoms with Crippen LogP contribution in [-0.2, 0) is 6.18 Å². The highest BCUT2D eigenvalue weighted by atomic mass is 35.5. The lowest BCUT2D eigenvalue weighted by Crippen LogP contribution is -2.20. The van der Waals surface area contributed by atoms with Crippen molar-refractivity contribution in [2.24, 2.45) is 0 Å². The summed E-state index contributed by atoms with van der Waals surface area (Å²) in [7, 11) is 0. The predicted molar refractivity (Wildman–Crippen MR) is 93.5 cm³/mol. The molecule has 4 aromatic rings. The number of pyridine rings is 1. The van der Waals surface area contributed by atoms with Gasteiger partial charge in [-0.05, 0) is 30.5 Å². The van der Waals surface area contributed by atoms with Crippen molar-refractivity contribution >= 4 is 40.2 Å². The normalized spacial score (nSPS) is 12.2. The first-order valence-electron chi connectivity index (χ1n) is 7.35. The number of fused-ring (bicyclic) bond motifs is 3. The van der Waals surface area contributed by atoms with Gasteiger partial charge in [-0.15, -0.1) is 15.3 Å². The zero-order valence-electron chi connectivity index (χ0n) is 13.4. The molecule has 27 heavy (non-hydrogen) atoms. The molecular weight excluding hydrogens is 405 g/mol. The second-order valence-corrected chi connectivity index (χ2v) is 6.58. The molecule has 0 spiro atoms. The van der Waals surface area contributed by atoms with Crippen LogP contribution in [0, 0.1) is 0 Å². The average Bonchev–Trinajstić information content (AvgIpc) is 3.04. The van der Waals surface area contributed by atoms with Gasteiger partial charge in [-0.2, -0.15) is 22.7 Å². The molecule has 1 aromatic carbocycles. The van der Waals surface area contributed by atoms with E-state index in [1.165, 1.54) is 22.5 Å². The van der Waals surface area contributed by atoms with Crippen molar-refractivity contribution in [2.75, 3.05) is 6.26 Å². The minimum absolute atomic E-state index is 0.00132. The molecule has 0 aliphatic heterocycles. The summed E-state index contributed by atoms with van der Waals surface area (Å²) in [4.78, 5) is 16.9. The zero-order chi connectivity index (χ0) is 19.3. The monoisotopic (exact) mass is 412 g/mol. The molecule has 0 unspecified atom stereocenters. The molecule has 0 saturated heterocycles. The SMILES string of the molecule is CSc1nc2nnc3c(=O)n(-c4ccc(C(F)(F)F)c(Cl)c4)ccc3n2n1. The van der Waals surface area contributed by atoms with Crippen molar-refractivity contribution in [2.45, 2.75) is 11.3 Å². The van der Waals surface area contributed by atoms with E-state index in [9.17, 15) is 18.0 Å². The molecule has 0 fully saturated rings. The minimum Gasteiger partial charge on any atom is -0.282 e. The van der Waals surface area contributed by atoms with Gasteiger partial charge in [0.25, 0.3) is 11.3 Å². The van der Waals surface area contributed by atoms with E-state index in [2.05, 4.69) is 20.3 Å². The van der Waals surface area contributed by atoms with Crippen LogP contribution in [0.5, 0.6) is 0 Å². The van der Waals surface area contributed by atoms with Gasteiger partial charge in [-0.1, -0.05) is 23.4 Å². The number of nitrogens with zero attached hydrogens (tertiary/aromatic N) is 6. The van der Waals surface area contributed by atoms with Gasteiger partial charge in [0.15, 0.2) is 5.52 Å². The van der Waals surface area contributed by atoms with Crippen LogP contribution in [0.15, 0.2) is 40.4 Å². The Hall–Kier alpha value is -2.66. The summed E-state index contributed by atoms with van der Waals surface area (Å²) in [5.41, 5.74) is -0.995. The molecule has 3 heterocycles. The fourth-order valence-electron chi connectivity index (χ4n) is 2.56. The fourth-order valence-corrected chi connectivity index (χ4v) is 3.18. The first-order chi connectivity index (χ1) is 12.8. The third kappa shape index (κ3) is 2.92. The molecule has 12 heteroatoms. The number of alkyl halides is 3. The molecule has 0 bridgehead atoms. The maximum atomic E-state index is 12.9. The highest BCUT2D eigenvalue weighted by Crippen LogP contribution is 2.35. The summed E-state index contributed by atoms with van der Waals surface area (Å²) < 4.78 is 41.1. The third-order valence-corrected chi connectivity index (χ3v) is 4.65. The Labute approximate surface area is 157 Å². The molecule has 0 aliphatic rings. The Morgan fingerprint density at radius 1 is 1.19 bits per heavy atom. The predicted octanol–water partition coefficient (Wildman–Crippen LogP) is 3.22. The van der Waals surface area contributed by atoms with Gasteiger partial charge in [0, 0.05) is 6.20 Å². The Bertz CT molecular complexity index is 1250. The van der Waals surface area contributed by atoms with Gasteiger partial charge in [0.05, 0.1) is 16.3 Å². The van der Waals surface area contributed by atoms with Crippen molar-refractivity contribution in [1.82, 2.24) is 29.4 Å². The zero-order valence-corrected chi connectivity index (χ0v) is 15.0. The molecular formula is C15H8ClF3N6OS. The van der Waals surface area contributed by atoms with Gasteiger partial charge < -0.3 is 0 Å². The van der Waals surface area contributed by atoms with Crippen molar-refractivity contribution < 1.29 is 13.2 Å². The Kier molecular flexibility index (Phi) is 4.07. The number of halogens is 4. The maximum Gasteiger partial charge on any atom is 0.417 e. The van der Waals surface area contributed by atoms with Crippen LogP contribution < -0.4 is 5.56 Å². The lowest BCUT2D eigenvalue weighted by atomic mass is 10.2. The number of hydrogen-bond acceptors (Lipinski definition) is 6. The highest BCUT2D eigenvalue weighted by molar-refractivity contribution is 7.98. The molecule has 7 nitrogen and oxygen atoms in total. The standard InChI is InChI=1S/C15H8ClF3N6OS/c1-27-14-20-13-22-21-11-10(25(13)23-14)4-5-24(12(11)26)7-2-3-8(9(16)6-7)15(17,18)19/h2-6H,1H3. The van der Waals surface area contributed by atoms with Crippen molar-refractivity contribution in [3.8, 4) is 5.69 Å². The largest absolute Gasteiger partial charge is 0.417 e.